The van der Waals surface area contributed by atoms with Gasteiger partial charge < -0.3 is 4.90 Å². The molecule has 0 bridgehead atoms. The number of amides is 1. The lowest BCUT2D eigenvalue weighted by Crippen LogP contribution is -2.39. The molecular weight excluding hydrogens is 198 g/mol. The number of rotatable bonds is 3. The Hall–Kier alpha value is -0.530. The van der Waals surface area contributed by atoms with Crippen LogP contribution in [-0.2, 0) is 4.79 Å². The highest BCUT2D eigenvalue weighted by molar-refractivity contribution is 5.78. The quantitative estimate of drug-likeness (QED) is 0.721. The van der Waals surface area contributed by atoms with E-state index in [1.807, 2.05) is 11.9 Å². The zero-order valence-corrected chi connectivity index (χ0v) is 11.5. The number of nitrogens with zero attached hydrogens (tertiary/aromatic N) is 1. The van der Waals surface area contributed by atoms with Crippen molar-refractivity contribution in [2.75, 3.05) is 7.05 Å². The highest BCUT2D eigenvalue weighted by Crippen LogP contribution is 2.34. The SMILES string of the molecule is CC(C)N(C)C(=O)[C@H]1CC[C@@H](C(C)C)CC1. The summed E-state index contributed by atoms with van der Waals surface area (Å²) in [6.45, 7) is 8.76. The first-order valence-corrected chi connectivity index (χ1v) is 6.70. The van der Waals surface area contributed by atoms with Gasteiger partial charge in [0.1, 0.15) is 0 Å². The van der Waals surface area contributed by atoms with Crippen LogP contribution in [0.2, 0.25) is 0 Å². The van der Waals surface area contributed by atoms with Crippen molar-refractivity contribution < 1.29 is 4.79 Å². The molecular formula is C14H27NO. The van der Waals surface area contributed by atoms with Gasteiger partial charge in [-0.2, -0.15) is 0 Å². The molecule has 2 nitrogen and oxygen atoms in total. The van der Waals surface area contributed by atoms with Crippen LogP contribution >= 0.6 is 0 Å². The smallest absolute Gasteiger partial charge is 0.225 e. The second-order valence-electron chi connectivity index (χ2n) is 5.90. The van der Waals surface area contributed by atoms with Gasteiger partial charge in [-0.05, 0) is 51.4 Å². The Bertz CT molecular complexity index is 227. The van der Waals surface area contributed by atoms with Crippen LogP contribution in [0.4, 0.5) is 0 Å². The topological polar surface area (TPSA) is 20.3 Å². The van der Waals surface area contributed by atoms with Crippen molar-refractivity contribution in [2.24, 2.45) is 17.8 Å². The van der Waals surface area contributed by atoms with Crippen molar-refractivity contribution in [1.29, 1.82) is 0 Å². The maximum Gasteiger partial charge on any atom is 0.225 e. The molecule has 1 aliphatic carbocycles. The largest absolute Gasteiger partial charge is 0.343 e. The van der Waals surface area contributed by atoms with E-state index in [2.05, 4.69) is 27.7 Å². The highest BCUT2D eigenvalue weighted by Gasteiger charge is 2.29. The molecule has 94 valence electrons. The van der Waals surface area contributed by atoms with E-state index in [1.165, 1.54) is 12.8 Å². The average molecular weight is 225 g/mol. The van der Waals surface area contributed by atoms with Gasteiger partial charge in [-0.25, -0.2) is 0 Å². The van der Waals surface area contributed by atoms with E-state index in [9.17, 15) is 4.79 Å². The predicted octanol–water partition coefficient (Wildman–Crippen LogP) is 3.32. The Kier molecular flexibility index (Phi) is 4.82. The first kappa shape index (κ1) is 13.5. The molecule has 0 radical (unpaired) electrons. The molecule has 0 unspecified atom stereocenters. The number of hydrogen-bond donors (Lipinski definition) is 0. The molecule has 0 aromatic heterocycles. The Labute approximate surface area is 100 Å². The molecule has 1 amide bonds. The minimum absolute atomic E-state index is 0.294. The molecule has 1 aliphatic rings. The third kappa shape index (κ3) is 3.23. The van der Waals surface area contributed by atoms with E-state index >= 15 is 0 Å². The van der Waals surface area contributed by atoms with Crippen LogP contribution in [-0.4, -0.2) is 23.9 Å². The maximum atomic E-state index is 12.1. The second-order valence-corrected chi connectivity index (χ2v) is 5.90. The van der Waals surface area contributed by atoms with Gasteiger partial charge in [-0.1, -0.05) is 13.8 Å². The lowest BCUT2D eigenvalue weighted by Gasteiger charge is -2.33. The molecule has 0 heterocycles. The number of carbonyl (C=O) groups excluding carboxylic acids is 1. The van der Waals surface area contributed by atoms with Crippen LogP contribution in [0.25, 0.3) is 0 Å². The van der Waals surface area contributed by atoms with Crippen LogP contribution in [0.5, 0.6) is 0 Å². The van der Waals surface area contributed by atoms with Crippen molar-refractivity contribution in [3.8, 4) is 0 Å². The van der Waals surface area contributed by atoms with Crippen LogP contribution in [0.15, 0.2) is 0 Å². The molecule has 0 aromatic carbocycles. The van der Waals surface area contributed by atoms with Gasteiger partial charge in [0.25, 0.3) is 0 Å². The normalized spacial score (nSPS) is 26.2. The summed E-state index contributed by atoms with van der Waals surface area (Å²) in [6, 6.07) is 0.329. The van der Waals surface area contributed by atoms with Gasteiger partial charge in [-0.3, -0.25) is 4.79 Å². The molecule has 2 heteroatoms. The maximum absolute atomic E-state index is 12.1. The van der Waals surface area contributed by atoms with Gasteiger partial charge in [0, 0.05) is 19.0 Å². The molecule has 0 saturated heterocycles. The fourth-order valence-electron chi connectivity index (χ4n) is 2.58. The third-order valence-electron chi connectivity index (χ3n) is 4.19. The fraction of sp³-hybridized carbons (Fsp3) is 0.929. The summed E-state index contributed by atoms with van der Waals surface area (Å²) in [5.74, 6) is 2.27. The summed E-state index contributed by atoms with van der Waals surface area (Å²) in [7, 11) is 1.93. The molecule has 16 heavy (non-hydrogen) atoms. The number of carbonyl (C=O) groups is 1. The van der Waals surface area contributed by atoms with Crippen LogP contribution in [0.3, 0.4) is 0 Å². The zero-order valence-electron chi connectivity index (χ0n) is 11.5. The molecule has 0 atom stereocenters. The monoisotopic (exact) mass is 225 g/mol. The first-order chi connectivity index (χ1) is 7.43. The summed E-state index contributed by atoms with van der Waals surface area (Å²) in [5.41, 5.74) is 0. The lowest BCUT2D eigenvalue weighted by atomic mass is 9.76. The molecule has 0 aliphatic heterocycles. The van der Waals surface area contributed by atoms with Crippen molar-refractivity contribution in [1.82, 2.24) is 4.90 Å². The fourth-order valence-corrected chi connectivity index (χ4v) is 2.58. The Morgan fingerprint density at radius 3 is 1.94 bits per heavy atom. The van der Waals surface area contributed by atoms with E-state index in [-0.39, 0.29) is 0 Å². The third-order valence-corrected chi connectivity index (χ3v) is 4.19. The highest BCUT2D eigenvalue weighted by atomic mass is 16.2. The summed E-state index contributed by atoms with van der Waals surface area (Å²) in [5, 5.41) is 0. The number of hydrogen-bond acceptors (Lipinski definition) is 1. The predicted molar refractivity (Wildman–Crippen MR) is 68.2 cm³/mol. The Morgan fingerprint density at radius 2 is 1.56 bits per heavy atom. The molecule has 0 N–H and O–H groups in total. The first-order valence-electron chi connectivity index (χ1n) is 6.70. The van der Waals surface area contributed by atoms with Crippen LogP contribution < -0.4 is 0 Å². The van der Waals surface area contributed by atoms with E-state index in [0.717, 1.165) is 24.7 Å². The van der Waals surface area contributed by atoms with Crippen molar-refractivity contribution in [2.45, 2.75) is 59.4 Å². The summed E-state index contributed by atoms with van der Waals surface area (Å²) >= 11 is 0. The van der Waals surface area contributed by atoms with E-state index in [0.29, 0.717) is 17.9 Å². The van der Waals surface area contributed by atoms with Gasteiger partial charge in [-0.15, -0.1) is 0 Å². The van der Waals surface area contributed by atoms with E-state index < -0.39 is 0 Å². The lowest BCUT2D eigenvalue weighted by molar-refractivity contribution is -0.137. The van der Waals surface area contributed by atoms with E-state index in [4.69, 9.17) is 0 Å². The van der Waals surface area contributed by atoms with Gasteiger partial charge >= 0.3 is 0 Å². The van der Waals surface area contributed by atoms with E-state index in [1.54, 1.807) is 0 Å². The van der Waals surface area contributed by atoms with Gasteiger partial charge in [0.2, 0.25) is 5.91 Å². The van der Waals surface area contributed by atoms with Crippen LogP contribution in [0, 0.1) is 17.8 Å². The van der Waals surface area contributed by atoms with Crippen LogP contribution in [0.1, 0.15) is 53.4 Å². The van der Waals surface area contributed by atoms with Gasteiger partial charge in [0.05, 0.1) is 0 Å². The summed E-state index contributed by atoms with van der Waals surface area (Å²) in [6.07, 6.45) is 4.66. The van der Waals surface area contributed by atoms with Gasteiger partial charge in [0.15, 0.2) is 0 Å². The Balaban J connectivity index is 2.45. The minimum atomic E-state index is 0.294. The van der Waals surface area contributed by atoms with Crippen molar-refractivity contribution >= 4 is 5.91 Å². The standard InChI is InChI=1S/C14H27NO/c1-10(2)12-6-8-13(9-7-12)14(16)15(5)11(3)4/h10-13H,6-9H2,1-5H3/t12-,13+. The average Bonchev–Trinajstić information content (AvgIpc) is 2.27. The molecule has 1 fully saturated rings. The zero-order chi connectivity index (χ0) is 12.3. The summed E-state index contributed by atoms with van der Waals surface area (Å²) < 4.78 is 0. The minimum Gasteiger partial charge on any atom is -0.343 e. The molecule has 0 spiro atoms. The second kappa shape index (κ2) is 5.70. The molecule has 1 saturated carbocycles. The van der Waals surface area contributed by atoms with Crippen molar-refractivity contribution in [3.63, 3.8) is 0 Å². The van der Waals surface area contributed by atoms with Crippen molar-refractivity contribution in [3.05, 3.63) is 0 Å². The Morgan fingerprint density at radius 1 is 1.06 bits per heavy atom. The molecule has 1 rings (SSSR count). The summed E-state index contributed by atoms with van der Waals surface area (Å²) in [4.78, 5) is 14.0. The molecule has 0 aromatic rings.